The lowest BCUT2D eigenvalue weighted by atomic mass is 10.1. The van der Waals surface area contributed by atoms with Crippen LogP contribution >= 0.6 is 18.9 Å². The van der Waals surface area contributed by atoms with Gasteiger partial charge in [0.1, 0.15) is 12.2 Å². The standard InChI is InChI=1S/C31H22NO5PS2/c1-5-6-7-8-9-10-11-12-13-14-15-16-17-18-19-20-21-22-23-24-29(39)32-28-25-27(26-34-2)30(31(28)35-3)37-38(33,40)36-4/h27-28,30-31H,25-26H2,1-4H3,(H,32,39)(H,33,40)/t27-,28+,30?,31-,38?/m1/s1. The predicted octanol–water partition coefficient (Wildman–Crippen LogP) is 1.26. The summed E-state index contributed by atoms with van der Waals surface area (Å²) in [4.78, 5) is 10.4. The topological polar surface area (TPSA) is 69.2 Å². The predicted molar refractivity (Wildman–Crippen MR) is 162 cm³/mol. The summed E-state index contributed by atoms with van der Waals surface area (Å²) in [6.45, 7) is -1.34. The van der Waals surface area contributed by atoms with Gasteiger partial charge < -0.3 is 28.7 Å². The highest BCUT2D eigenvalue weighted by Crippen LogP contribution is 2.48. The van der Waals surface area contributed by atoms with E-state index in [4.69, 9.17) is 42.5 Å². The first-order chi connectivity index (χ1) is 19.4. The molecule has 40 heavy (non-hydrogen) atoms. The second kappa shape index (κ2) is 20.8. The van der Waals surface area contributed by atoms with Crippen LogP contribution in [0.15, 0.2) is 0 Å². The first-order valence-corrected chi connectivity index (χ1v) is 14.2. The fraction of sp³-hybridized carbons (Fsp3) is 0.323. The third-order valence-corrected chi connectivity index (χ3v) is 6.46. The van der Waals surface area contributed by atoms with E-state index in [1.165, 1.54) is 14.2 Å². The molecule has 0 aromatic rings. The Morgan fingerprint density at radius 1 is 0.775 bits per heavy atom. The second-order valence-electron chi connectivity index (χ2n) is 7.08. The molecule has 0 spiro atoms. The molecule has 0 radical (unpaired) electrons. The van der Waals surface area contributed by atoms with Gasteiger partial charge in [0.2, 0.25) is 0 Å². The Labute approximate surface area is 247 Å². The van der Waals surface area contributed by atoms with Gasteiger partial charge >= 0.3 is 6.72 Å². The van der Waals surface area contributed by atoms with Crippen molar-refractivity contribution in [3.05, 3.63) is 0 Å². The summed E-state index contributed by atoms with van der Waals surface area (Å²) >= 11 is 10.3. The molecule has 6 nitrogen and oxygen atoms in total. The molecule has 0 aromatic heterocycles. The third-order valence-electron chi connectivity index (χ3n) is 4.56. The van der Waals surface area contributed by atoms with Crippen molar-refractivity contribution in [2.24, 2.45) is 5.92 Å². The van der Waals surface area contributed by atoms with Gasteiger partial charge in [0.05, 0.1) is 12.6 Å². The Morgan fingerprint density at radius 3 is 1.62 bits per heavy atom. The van der Waals surface area contributed by atoms with Crippen LogP contribution in [0, 0.1) is 124 Å². The van der Waals surface area contributed by atoms with Gasteiger partial charge in [0.15, 0.2) is 4.99 Å². The summed E-state index contributed by atoms with van der Waals surface area (Å²) in [5.74, 6) is 50.9. The molecule has 0 saturated heterocycles. The van der Waals surface area contributed by atoms with Crippen molar-refractivity contribution < 1.29 is 23.4 Å². The highest BCUT2D eigenvalue weighted by Gasteiger charge is 2.47. The maximum Gasteiger partial charge on any atom is 0.324 e. The van der Waals surface area contributed by atoms with Crippen molar-refractivity contribution in [3.63, 3.8) is 0 Å². The van der Waals surface area contributed by atoms with Gasteiger partial charge in [-0.3, -0.25) is 0 Å². The fourth-order valence-corrected chi connectivity index (χ4v) is 4.29. The van der Waals surface area contributed by atoms with Crippen molar-refractivity contribution >= 4 is 35.7 Å². The Hall–Kier alpha value is -4.06. The van der Waals surface area contributed by atoms with E-state index >= 15 is 0 Å². The Kier molecular flexibility index (Phi) is 17.7. The Bertz CT molecular complexity index is 1630. The highest BCUT2D eigenvalue weighted by molar-refractivity contribution is 8.07. The second-order valence-corrected chi connectivity index (χ2v) is 10.4. The lowest BCUT2D eigenvalue weighted by molar-refractivity contribution is -0.0205. The molecular weight excluding hydrogens is 561 g/mol. The molecular formula is C31H22NO5PS2. The lowest BCUT2D eigenvalue weighted by Gasteiger charge is -2.28. The Morgan fingerprint density at radius 2 is 1.23 bits per heavy atom. The van der Waals surface area contributed by atoms with Crippen molar-refractivity contribution in [1.29, 1.82) is 0 Å². The molecule has 1 aliphatic carbocycles. The van der Waals surface area contributed by atoms with E-state index in [2.05, 4.69) is 124 Å². The molecule has 1 saturated carbocycles. The zero-order valence-corrected chi connectivity index (χ0v) is 24.6. The zero-order valence-electron chi connectivity index (χ0n) is 22.1. The molecule has 1 aliphatic rings. The van der Waals surface area contributed by atoms with Gasteiger partial charge in [-0.2, -0.15) is 0 Å². The minimum absolute atomic E-state index is 0.105. The summed E-state index contributed by atoms with van der Waals surface area (Å²) in [6, 6.07) is -0.246. The number of thiocarbonyl (C=S) groups is 1. The summed E-state index contributed by atoms with van der Waals surface area (Å²) in [7, 11) is 4.41. The third kappa shape index (κ3) is 14.8. The fourth-order valence-electron chi connectivity index (χ4n) is 3.11. The van der Waals surface area contributed by atoms with E-state index in [9.17, 15) is 4.89 Å². The van der Waals surface area contributed by atoms with E-state index in [1.807, 2.05) is 0 Å². The molecule has 1 fully saturated rings. The number of hydrogen-bond acceptors (Lipinski definition) is 6. The molecule has 9 heteroatoms. The van der Waals surface area contributed by atoms with Crippen molar-refractivity contribution in [2.75, 3.05) is 27.9 Å². The molecule has 1 rings (SSSR count). The summed E-state index contributed by atoms with van der Waals surface area (Å²) < 4.78 is 21.5. The molecule has 0 amide bonds. The van der Waals surface area contributed by atoms with Gasteiger partial charge in [0.25, 0.3) is 0 Å². The molecule has 2 N–H and O–H groups in total. The van der Waals surface area contributed by atoms with E-state index in [0.717, 1.165) is 0 Å². The van der Waals surface area contributed by atoms with Crippen LogP contribution in [-0.4, -0.2) is 56.1 Å². The van der Waals surface area contributed by atoms with E-state index in [0.29, 0.717) is 13.0 Å². The minimum atomic E-state index is -3.40. The zero-order chi connectivity index (χ0) is 29.5. The molecule has 0 heterocycles. The molecule has 0 aromatic carbocycles. The lowest BCUT2D eigenvalue weighted by Crippen LogP contribution is -2.44. The van der Waals surface area contributed by atoms with Gasteiger partial charge in [-0.15, -0.1) is 0 Å². The monoisotopic (exact) mass is 583 g/mol. The maximum absolute atomic E-state index is 10.1. The highest BCUT2D eigenvalue weighted by atomic mass is 32.5. The van der Waals surface area contributed by atoms with Crippen LogP contribution in [0.5, 0.6) is 0 Å². The number of rotatable bonds is 7. The van der Waals surface area contributed by atoms with Crippen LogP contribution in [0.2, 0.25) is 0 Å². The largest absolute Gasteiger partial charge is 0.384 e. The first-order valence-electron chi connectivity index (χ1n) is 11.2. The molecule has 2 unspecified atom stereocenters. The maximum atomic E-state index is 10.1. The minimum Gasteiger partial charge on any atom is -0.384 e. The number of methoxy groups -OCH3 is 2. The van der Waals surface area contributed by atoms with E-state index < -0.39 is 18.9 Å². The summed E-state index contributed by atoms with van der Waals surface area (Å²) in [5.41, 5.74) is 0. The van der Waals surface area contributed by atoms with Crippen molar-refractivity contribution in [1.82, 2.24) is 5.32 Å². The normalized spacial score (nSPS) is 18.4. The van der Waals surface area contributed by atoms with Gasteiger partial charge in [-0.05, 0) is 126 Å². The Balaban J connectivity index is 2.64. The average Bonchev–Trinajstić information content (AvgIpc) is 3.24. The van der Waals surface area contributed by atoms with Crippen molar-refractivity contribution in [2.45, 2.75) is 31.6 Å². The van der Waals surface area contributed by atoms with Crippen LogP contribution in [0.25, 0.3) is 0 Å². The van der Waals surface area contributed by atoms with Crippen LogP contribution in [-0.2, 0) is 30.3 Å². The SMILES string of the molecule is CC#CC#CC#CC#CC#CC#CC#CC#CC#CC#CC(=S)N[C@H]1C[C@H](COC)C(OP(O)(=S)OC)[C@@H]1OC. The summed E-state index contributed by atoms with van der Waals surface area (Å²) in [6.07, 6.45) is -0.421. The molecule has 0 bridgehead atoms. The number of nitrogens with one attached hydrogen (secondary N) is 1. The smallest absolute Gasteiger partial charge is 0.324 e. The van der Waals surface area contributed by atoms with Crippen molar-refractivity contribution in [3.8, 4) is 118 Å². The van der Waals surface area contributed by atoms with Gasteiger partial charge in [-0.25, -0.2) is 0 Å². The summed E-state index contributed by atoms with van der Waals surface area (Å²) in [5, 5.41) is 3.14. The quantitative estimate of drug-likeness (QED) is 0.264. The van der Waals surface area contributed by atoms with E-state index in [-0.39, 0.29) is 16.9 Å². The van der Waals surface area contributed by atoms with Gasteiger partial charge in [0, 0.05) is 39.1 Å². The first kappa shape index (κ1) is 34.0. The van der Waals surface area contributed by atoms with E-state index in [1.54, 1.807) is 14.0 Å². The van der Waals surface area contributed by atoms with Crippen LogP contribution in [0.1, 0.15) is 13.3 Å². The molecule has 198 valence electrons. The van der Waals surface area contributed by atoms with Crippen LogP contribution < -0.4 is 5.32 Å². The van der Waals surface area contributed by atoms with Crippen LogP contribution in [0.4, 0.5) is 0 Å². The van der Waals surface area contributed by atoms with Crippen LogP contribution in [0.3, 0.4) is 0 Å². The van der Waals surface area contributed by atoms with Gasteiger partial charge in [-0.1, -0.05) is 18.1 Å². The molecule has 5 atom stereocenters. The average molecular weight is 584 g/mol. The molecule has 0 aliphatic heterocycles. The number of hydrogen-bond donors (Lipinski definition) is 2. The number of ether oxygens (including phenoxy) is 2.